The molecule has 21 heavy (non-hydrogen) atoms. The fourth-order valence-corrected chi connectivity index (χ4v) is 2.77. The van der Waals surface area contributed by atoms with Gasteiger partial charge >= 0.3 is 0 Å². The molecule has 3 rings (SSSR count). The van der Waals surface area contributed by atoms with E-state index in [2.05, 4.69) is 16.0 Å². The highest BCUT2D eigenvalue weighted by Crippen LogP contribution is 2.18. The minimum absolute atomic E-state index is 0.125. The van der Waals surface area contributed by atoms with Crippen LogP contribution in [-0.4, -0.2) is 54.7 Å². The molecule has 3 heterocycles. The fraction of sp³-hybridized carbons (Fsp3) is 0.533. The van der Waals surface area contributed by atoms with Crippen molar-refractivity contribution in [3.05, 3.63) is 23.9 Å². The van der Waals surface area contributed by atoms with Crippen LogP contribution in [0.15, 0.2) is 18.3 Å². The number of nitriles is 1. The van der Waals surface area contributed by atoms with E-state index < -0.39 is 0 Å². The first-order chi connectivity index (χ1) is 10.3. The van der Waals surface area contributed by atoms with Gasteiger partial charge in [-0.3, -0.25) is 4.79 Å². The maximum absolute atomic E-state index is 12.3. The highest BCUT2D eigenvalue weighted by atomic mass is 16.5. The van der Waals surface area contributed by atoms with E-state index in [9.17, 15) is 4.79 Å². The highest BCUT2D eigenvalue weighted by molar-refractivity contribution is 5.81. The molecule has 1 amide bonds. The van der Waals surface area contributed by atoms with Crippen LogP contribution in [0, 0.1) is 11.3 Å². The first kappa shape index (κ1) is 13.8. The Balaban J connectivity index is 1.57. The molecule has 1 aromatic heterocycles. The number of piperazine rings is 1. The third kappa shape index (κ3) is 2.98. The molecule has 1 aromatic rings. The summed E-state index contributed by atoms with van der Waals surface area (Å²) in [7, 11) is 0. The lowest BCUT2D eigenvalue weighted by Crippen LogP contribution is -2.51. The van der Waals surface area contributed by atoms with Crippen LogP contribution in [0.1, 0.15) is 18.4 Å². The number of carbonyl (C=O) groups is 1. The van der Waals surface area contributed by atoms with Crippen LogP contribution in [0.4, 0.5) is 5.82 Å². The van der Waals surface area contributed by atoms with Crippen molar-refractivity contribution in [2.45, 2.75) is 18.9 Å². The molecular weight excluding hydrogens is 268 g/mol. The van der Waals surface area contributed by atoms with Gasteiger partial charge in [0.25, 0.3) is 5.91 Å². The number of carbonyl (C=O) groups excluding carboxylic acids is 1. The van der Waals surface area contributed by atoms with Gasteiger partial charge in [-0.15, -0.1) is 0 Å². The topological polar surface area (TPSA) is 69.5 Å². The summed E-state index contributed by atoms with van der Waals surface area (Å²) in [6, 6.07) is 5.69. The smallest absolute Gasteiger partial charge is 0.251 e. The Kier molecular flexibility index (Phi) is 4.02. The Labute approximate surface area is 123 Å². The molecule has 1 atom stereocenters. The van der Waals surface area contributed by atoms with Crippen molar-refractivity contribution < 1.29 is 9.53 Å². The summed E-state index contributed by atoms with van der Waals surface area (Å²) in [4.78, 5) is 20.6. The minimum Gasteiger partial charge on any atom is -0.368 e. The summed E-state index contributed by atoms with van der Waals surface area (Å²) in [6.45, 7) is 3.61. The third-order valence-electron chi connectivity index (χ3n) is 4.00. The number of rotatable bonds is 2. The third-order valence-corrected chi connectivity index (χ3v) is 4.00. The van der Waals surface area contributed by atoms with Crippen LogP contribution in [0.2, 0.25) is 0 Å². The molecular formula is C15H18N4O2. The summed E-state index contributed by atoms with van der Waals surface area (Å²) in [5.74, 6) is 0.984. The summed E-state index contributed by atoms with van der Waals surface area (Å²) in [6.07, 6.45) is 3.17. The van der Waals surface area contributed by atoms with Crippen molar-refractivity contribution in [2.75, 3.05) is 37.7 Å². The fourth-order valence-electron chi connectivity index (χ4n) is 2.77. The molecule has 1 unspecified atom stereocenters. The van der Waals surface area contributed by atoms with Gasteiger partial charge in [0.1, 0.15) is 18.0 Å². The van der Waals surface area contributed by atoms with Crippen LogP contribution in [0.5, 0.6) is 0 Å². The van der Waals surface area contributed by atoms with Gasteiger partial charge in [-0.25, -0.2) is 4.98 Å². The standard InChI is InChI=1S/C15H18N4O2/c16-10-12-3-4-14(17-11-12)18-5-7-19(8-6-18)15(20)13-2-1-9-21-13/h3-4,11,13H,1-2,5-9H2. The van der Waals surface area contributed by atoms with Crippen molar-refractivity contribution in [3.8, 4) is 6.07 Å². The average molecular weight is 286 g/mol. The number of pyridine rings is 1. The monoisotopic (exact) mass is 286 g/mol. The second-order valence-electron chi connectivity index (χ2n) is 5.33. The molecule has 2 aliphatic heterocycles. The zero-order valence-electron chi connectivity index (χ0n) is 11.9. The van der Waals surface area contributed by atoms with Crippen molar-refractivity contribution in [3.63, 3.8) is 0 Å². The molecule has 2 aliphatic rings. The van der Waals surface area contributed by atoms with E-state index in [-0.39, 0.29) is 12.0 Å². The van der Waals surface area contributed by atoms with Crippen LogP contribution >= 0.6 is 0 Å². The van der Waals surface area contributed by atoms with E-state index in [1.807, 2.05) is 11.0 Å². The van der Waals surface area contributed by atoms with E-state index in [1.54, 1.807) is 12.3 Å². The highest BCUT2D eigenvalue weighted by Gasteiger charge is 2.30. The van der Waals surface area contributed by atoms with Gasteiger partial charge in [0.15, 0.2) is 0 Å². The summed E-state index contributed by atoms with van der Waals surface area (Å²) < 4.78 is 5.46. The number of aromatic nitrogens is 1. The Bertz CT molecular complexity index is 538. The van der Waals surface area contributed by atoms with Crippen LogP contribution < -0.4 is 4.90 Å². The van der Waals surface area contributed by atoms with Crippen molar-refractivity contribution in [1.82, 2.24) is 9.88 Å². The Morgan fingerprint density at radius 2 is 2.14 bits per heavy atom. The van der Waals surface area contributed by atoms with Crippen LogP contribution in [0.25, 0.3) is 0 Å². The molecule has 0 aromatic carbocycles. The van der Waals surface area contributed by atoms with E-state index in [4.69, 9.17) is 10.00 Å². The predicted octanol–water partition coefficient (Wildman–Crippen LogP) is 0.781. The number of hydrogen-bond acceptors (Lipinski definition) is 5. The molecule has 6 nitrogen and oxygen atoms in total. The molecule has 6 heteroatoms. The number of anilines is 1. The van der Waals surface area contributed by atoms with E-state index >= 15 is 0 Å². The summed E-state index contributed by atoms with van der Waals surface area (Å²) in [5.41, 5.74) is 0.561. The van der Waals surface area contributed by atoms with Crippen molar-refractivity contribution in [2.24, 2.45) is 0 Å². The van der Waals surface area contributed by atoms with Gasteiger partial charge in [-0.2, -0.15) is 5.26 Å². The first-order valence-corrected chi connectivity index (χ1v) is 7.29. The number of ether oxygens (including phenoxy) is 1. The molecule has 0 aliphatic carbocycles. The molecule has 0 radical (unpaired) electrons. The maximum Gasteiger partial charge on any atom is 0.251 e. The quantitative estimate of drug-likeness (QED) is 0.803. The minimum atomic E-state index is -0.232. The lowest BCUT2D eigenvalue weighted by molar-refractivity contribution is -0.141. The van der Waals surface area contributed by atoms with Crippen LogP contribution in [-0.2, 0) is 9.53 Å². The molecule has 2 fully saturated rings. The normalized spacial score (nSPS) is 22.1. The Morgan fingerprint density at radius 3 is 2.71 bits per heavy atom. The largest absolute Gasteiger partial charge is 0.368 e. The van der Waals surface area contributed by atoms with Gasteiger partial charge in [0, 0.05) is 39.0 Å². The predicted molar refractivity (Wildman–Crippen MR) is 76.7 cm³/mol. The zero-order valence-corrected chi connectivity index (χ0v) is 11.9. The maximum atomic E-state index is 12.3. The summed E-state index contributed by atoms with van der Waals surface area (Å²) >= 11 is 0. The number of hydrogen-bond donors (Lipinski definition) is 0. The molecule has 0 N–H and O–H groups in total. The second kappa shape index (κ2) is 6.10. The van der Waals surface area contributed by atoms with Crippen LogP contribution in [0.3, 0.4) is 0 Å². The molecule has 0 spiro atoms. The molecule has 0 bridgehead atoms. The van der Waals surface area contributed by atoms with Crippen molar-refractivity contribution in [1.29, 1.82) is 5.26 Å². The lowest BCUT2D eigenvalue weighted by atomic mass is 10.2. The van der Waals surface area contributed by atoms with E-state index in [0.717, 1.165) is 31.7 Å². The molecule has 0 saturated carbocycles. The second-order valence-corrected chi connectivity index (χ2v) is 5.33. The Morgan fingerprint density at radius 1 is 1.33 bits per heavy atom. The van der Waals surface area contributed by atoms with E-state index in [1.165, 1.54) is 0 Å². The van der Waals surface area contributed by atoms with Gasteiger partial charge in [-0.1, -0.05) is 0 Å². The summed E-state index contributed by atoms with van der Waals surface area (Å²) in [5, 5.41) is 8.78. The molecule has 110 valence electrons. The zero-order chi connectivity index (χ0) is 14.7. The van der Waals surface area contributed by atoms with Crippen molar-refractivity contribution >= 4 is 11.7 Å². The molecule has 2 saturated heterocycles. The lowest BCUT2D eigenvalue weighted by Gasteiger charge is -2.36. The van der Waals surface area contributed by atoms with E-state index in [0.29, 0.717) is 25.3 Å². The van der Waals surface area contributed by atoms with Gasteiger partial charge in [-0.05, 0) is 25.0 Å². The number of amides is 1. The van der Waals surface area contributed by atoms with Gasteiger partial charge in [0.2, 0.25) is 0 Å². The van der Waals surface area contributed by atoms with Gasteiger partial charge in [0.05, 0.1) is 5.56 Å². The Hall–Kier alpha value is -2.13. The van der Waals surface area contributed by atoms with Gasteiger partial charge < -0.3 is 14.5 Å². The average Bonchev–Trinajstić information content (AvgIpc) is 3.09. The first-order valence-electron chi connectivity index (χ1n) is 7.29. The SMILES string of the molecule is N#Cc1ccc(N2CCN(C(=O)C3CCCO3)CC2)nc1. The number of nitrogens with zero attached hydrogens (tertiary/aromatic N) is 4.